The van der Waals surface area contributed by atoms with Crippen molar-refractivity contribution < 1.29 is 14.6 Å². The van der Waals surface area contributed by atoms with Crippen molar-refractivity contribution in [2.45, 2.75) is 19.1 Å². The van der Waals surface area contributed by atoms with Gasteiger partial charge in [0, 0.05) is 6.42 Å². The van der Waals surface area contributed by atoms with Crippen LogP contribution in [0.4, 0.5) is 0 Å². The molecule has 0 fully saturated rings. The van der Waals surface area contributed by atoms with Crippen LogP contribution in [0.3, 0.4) is 0 Å². The van der Waals surface area contributed by atoms with E-state index in [0.717, 1.165) is 0 Å². The van der Waals surface area contributed by atoms with Gasteiger partial charge in [-0.25, -0.2) is 9.79 Å². The van der Waals surface area contributed by atoms with E-state index in [9.17, 15) is 4.79 Å². The molecule has 5 N–H and O–H groups in total. The van der Waals surface area contributed by atoms with Gasteiger partial charge in [0.05, 0.1) is 0 Å². The standard InChI is InChI=1S/C7H11N3O3/c8-7(9)10-5-3-1-2-4(13-5)6(11)12/h2,5H,1,3H2,(H,11,12)(H4,8,9,10). The number of hydrogen-bond donors (Lipinski definition) is 3. The highest BCUT2D eigenvalue weighted by atomic mass is 16.5. The lowest BCUT2D eigenvalue weighted by Gasteiger charge is -2.18. The van der Waals surface area contributed by atoms with E-state index in [1.54, 1.807) is 0 Å². The first kappa shape index (κ1) is 9.37. The van der Waals surface area contributed by atoms with Gasteiger partial charge in [-0.1, -0.05) is 0 Å². The Kier molecular flexibility index (Phi) is 2.73. The number of nitrogens with zero attached hydrogens (tertiary/aromatic N) is 1. The SMILES string of the molecule is NC(N)=NC1CCC=C(C(=O)O)O1. The van der Waals surface area contributed by atoms with E-state index >= 15 is 0 Å². The number of carboxylic acid groups (broad SMARTS) is 1. The maximum Gasteiger partial charge on any atom is 0.370 e. The number of nitrogens with two attached hydrogens (primary N) is 2. The first-order chi connectivity index (χ1) is 6.09. The van der Waals surface area contributed by atoms with Gasteiger partial charge in [0.15, 0.2) is 12.2 Å². The molecule has 1 unspecified atom stereocenters. The Morgan fingerprint density at radius 3 is 2.92 bits per heavy atom. The molecule has 0 aliphatic carbocycles. The molecule has 0 aromatic carbocycles. The summed E-state index contributed by atoms with van der Waals surface area (Å²) in [7, 11) is 0. The van der Waals surface area contributed by atoms with E-state index in [-0.39, 0.29) is 11.7 Å². The maximum absolute atomic E-state index is 10.5. The van der Waals surface area contributed by atoms with Crippen LogP contribution in [0.2, 0.25) is 0 Å². The number of carbonyl (C=O) groups is 1. The zero-order valence-corrected chi connectivity index (χ0v) is 6.93. The van der Waals surface area contributed by atoms with Crippen LogP contribution >= 0.6 is 0 Å². The van der Waals surface area contributed by atoms with E-state index in [2.05, 4.69) is 4.99 Å². The molecule has 0 bridgehead atoms. The molecule has 0 aromatic rings. The Bertz CT molecular complexity index is 268. The Labute approximate surface area is 74.9 Å². The lowest BCUT2D eigenvalue weighted by molar-refractivity contribution is -0.138. The molecule has 1 heterocycles. The third-order valence-corrected chi connectivity index (χ3v) is 1.51. The molecule has 1 rings (SSSR count). The fourth-order valence-corrected chi connectivity index (χ4v) is 1.01. The number of aliphatic imine (C=N–C) groups is 1. The van der Waals surface area contributed by atoms with Crippen molar-refractivity contribution in [1.29, 1.82) is 0 Å². The van der Waals surface area contributed by atoms with Gasteiger partial charge in [-0.05, 0) is 12.5 Å². The van der Waals surface area contributed by atoms with Gasteiger partial charge >= 0.3 is 5.97 Å². The molecule has 1 aliphatic rings. The molecule has 0 aromatic heterocycles. The molecule has 6 nitrogen and oxygen atoms in total. The monoisotopic (exact) mass is 185 g/mol. The van der Waals surface area contributed by atoms with Crippen LogP contribution in [-0.4, -0.2) is 23.3 Å². The molecule has 6 heteroatoms. The quantitative estimate of drug-likeness (QED) is 0.391. The van der Waals surface area contributed by atoms with Gasteiger partial charge in [0.25, 0.3) is 0 Å². The zero-order valence-electron chi connectivity index (χ0n) is 6.93. The van der Waals surface area contributed by atoms with Gasteiger partial charge in [0.1, 0.15) is 0 Å². The smallest absolute Gasteiger partial charge is 0.370 e. The summed E-state index contributed by atoms with van der Waals surface area (Å²) in [4.78, 5) is 14.2. The molecule has 72 valence electrons. The van der Waals surface area contributed by atoms with Gasteiger partial charge in [-0.3, -0.25) is 0 Å². The van der Waals surface area contributed by atoms with E-state index in [1.165, 1.54) is 6.08 Å². The number of rotatable bonds is 2. The highest BCUT2D eigenvalue weighted by Crippen LogP contribution is 2.17. The lowest BCUT2D eigenvalue weighted by Crippen LogP contribution is -2.28. The highest BCUT2D eigenvalue weighted by Gasteiger charge is 2.19. The largest absolute Gasteiger partial charge is 0.475 e. The van der Waals surface area contributed by atoms with Crippen LogP contribution in [-0.2, 0) is 9.53 Å². The van der Waals surface area contributed by atoms with Crippen molar-refractivity contribution in [2.24, 2.45) is 16.5 Å². The van der Waals surface area contributed by atoms with Crippen LogP contribution in [0, 0.1) is 0 Å². The molecule has 0 spiro atoms. The topological polar surface area (TPSA) is 111 Å². The van der Waals surface area contributed by atoms with E-state index in [1.807, 2.05) is 0 Å². The number of carboxylic acids is 1. The Balaban J connectivity index is 2.63. The third-order valence-electron chi connectivity index (χ3n) is 1.51. The summed E-state index contributed by atoms with van der Waals surface area (Å²) in [6, 6.07) is 0. The first-order valence-corrected chi connectivity index (χ1v) is 3.78. The van der Waals surface area contributed by atoms with Crippen molar-refractivity contribution >= 4 is 11.9 Å². The number of allylic oxidation sites excluding steroid dienone is 1. The summed E-state index contributed by atoms with van der Waals surface area (Å²) in [6.07, 6.45) is 2.12. The average molecular weight is 185 g/mol. The summed E-state index contributed by atoms with van der Waals surface area (Å²) >= 11 is 0. The lowest BCUT2D eigenvalue weighted by atomic mass is 10.2. The molecule has 0 saturated heterocycles. The Morgan fingerprint density at radius 2 is 2.38 bits per heavy atom. The minimum Gasteiger partial charge on any atom is -0.475 e. The zero-order chi connectivity index (χ0) is 9.84. The summed E-state index contributed by atoms with van der Waals surface area (Å²) in [5.74, 6) is -1.30. The second-order valence-electron chi connectivity index (χ2n) is 2.58. The minimum atomic E-state index is -1.10. The van der Waals surface area contributed by atoms with Gasteiger partial charge in [0.2, 0.25) is 5.76 Å². The summed E-state index contributed by atoms with van der Waals surface area (Å²) in [5.41, 5.74) is 10.3. The van der Waals surface area contributed by atoms with E-state index in [4.69, 9.17) is 21.3 Å². The number of guanidine groups is 1. The Hall–Kier alpha value is -1.72. The van der Waals surface area contributed by atoms with Crippen molar-refractivity contribution in [3.05, 3.63) is 11.8 Å². The van der Waals surface area contributed by atoms with Crippen molar-refractivity contribution in [2.75, 3.05) is 0 Å². The molecular formula is C7H11N3O3. The normalized spacial score (nSPS) is 21.2. The van der Waals surface area contributed by atoms with Gasteiger partial charge in [-0.15, -0.1) is 0 Å². The summed E-state index contributed by atoms with van der Waals surface area (Å²) in [6.45, 7) is 0. The van der Waals surface area contributed by atoms with Gasteiger partial charge < -0.3 is 21.3 Å². The predicted molar refractivity (Wildman–Crippen MR) is 45.6 cm³/mol. The van der Waals surface area contributed by atoms with E-state index < -0.39 is 12.2 Å². The Morgan fingerprint density at radius 1 is 1.69 bits per heavy atom. The van der Waals surface area contributed by atoms with Crippen molar-refractivity contribution in [3.63, 3.8) is 0 Å². The second-order valence-corrected chi connectivity index (χ2v) is 2.58. The van der Waals surface area contributed by atoms with Crippen molar-refractivity contribution in [3.8, 4) is 0 Å². The molecule has 1 aliphatic heterocycles. The van der Waals surface area contributed by atoms with Crippen LogP contribution in [0.5, 0.6) is 0 Å². The average Bonchev–Trinajstić information content (AvgIpc) is 2.03. The number of hydrogen-bond acceptors (Lipinski definition) is 3. The van der Waals surface area contributed by atoms with Crippen molar-refractivity contribution in [1.82, 2.24) is 0 Å². The molecule has 0 saturated carbocycles. The predicted octanol–water partition coefficient (Wildman–Crippen LogP) is -0.635. The van der Waals surface area contributed by atoms with Crippen LogP contribution in [0.15, 0.2) is 16.8 Å². The van der Waals surface area contributed by atoms with Gasteiger partial charge in [-0.2, -0.15) is 0 Å². The molecule has 1 atom stereocenters. The second kappa shape index (κ2) is 3.79. The fourth-order valence-electron chi connectivity index (χ4n) is 1.01. The van der Waals surface area contributed by atoms with Crippen LogP contribution in [0.25, 0.3) is 0 Å². The first-order valence-electron chi connectivity index (χ1n) is 3.78. The molecular weight excluding hydrogens is 174 g/mol. The van der Waals surface area contributed by atoms with Crippen LogP contribution < -0.4 is 11.5 Å². The number of aliphatic carboxylic acids is 1. The third kappa shape index (κ3) is 2.66. The van der Waals surface area contributed by atoms with Crippen LogP contribution in [0.1, 0.15) is 12.8 Å². The molecule has 0 radical (unpaired) electrons. The summed E-state index contributed by atoms with van der Waals surface area (Å²) < 4.78 is 4.97. The summed E-state index contributed by atoms with van der Waals surface area (Å²) in [5, 5.41) is 8.59. The molecule has 13 heavy (non-hydrogen) atoms. The number of ether oxygens (including phenoxy) is 1. The van der Waals surface area contributed by atoms with E-state index in [0.29, 0.717) is 12.8 Å². The fraction of sp³-hybridized carbons (Fsp3) is 0.429. The molecule has 0 amide bonds. The maximum atomic E-state index is 10.5. The minimum absolute atomic E-state index is 0.0961. The highest BCUT2D eigenvalue weighted by molar-refractivity contribution is 5.84.